The number of rotatable bonds is 4. The molecule has 1 aliphatic rings. The second kappa shape index (κ2) is 7.24. The summed E-state index contributed by atoms with van der Waals surface area (Å²) in [7, 11) is 0. The van der Waals surface area contributed by atoms with E-state index >= 15 is 0 Å². The van der Waals surface area contributed by atoms with E-state index in [0.717, 1.165) is 19.3 Å². The van der Waals surface area contributed by atoms with Gasteiger partial charge < -0.3 is 10.1 Å². The number of ether oxygens (including phenoxy) is 1. The number of halogens is 2. The van der Waals surface area contributed by atoms with Crippen LogP contribution in [0.15, 0.2) is 42.5 Å². The summed E-state index contributed by atoms with van der Waals surface area (Å²) in [4.78, 5) is 12.2. The van der Waals surface area contributed by atoms with Crippen molar-refractivity contribution >= 4 is 29.1 Å². The number of carbonyl (C=O) groups is 1. The molecule has 0 fully saturated rings. The van der Waals surface area contributed by atoms with E-state index in [2.05, 4.69) is 17.4 Å². The van der Waals surface area contributed by atoms with Gasteiger partial charge in [0.05, 0.1) is 6.04 Å². The van der Waals surface area contributed by atoms with Crippen LogP contribution in [0.3, 0.4) is 0 Å². The van der Waals surface area contributed by atoms with Crippen molar-refractivity contribution in [2.45, 2.75) is 25.3 Å². The highest BCUT2D eigenvalue weighted by atomic mass is 35.5. The van der Waals surface area contributed by atoms with Gasteiger partial charge in [-0.1, -0.05) is 47.5 Å². The molecule has 3 nitrogen and oxygen atoms in total. The van der Waals surface area contributed by atoms with Gasteiger partial charge >= 0.3 is 0 Å². The number of aryl methyl sites for hydroxylation is 1. The molecule has 5 heteroatoms. The Bertz CT molecular complexity index is 698. The third-order valence-electron chi connectivity index (χ3n) is 3.91. The van der Waals surface area contributed by atoms with E-state index in [9.17, 15) is 4.79 Å². The summed E-state index contributed by atoms with van der Waals surface area (Å²) >= 11 is 11.8. The number of hydrogen-bond donors (Lipinski definition) is 1. The monoisotopic (exact) mass is 349 g/mol. The molecule has 3 rings (SSSR count). The Morgan fingerprint density at radius 1 is 1.17 bits per heavy atom. The fourth-order valence-corrected chi connectivity index (χ4v) is 3.41. The van der Waals surface area contributed by atoms with Crippen LogP contribution in [0.4, 0.5) is 0 Å². The van der Waals surface area contributed by atoms with Crippen LogP contribution in [0.1, 0.15) is 30.0 Å². The molecular formula is C18H17Cl2NO2. The molecule has 0 saturated heterocycles. The Morgan fingerprint density at radius 2 is 1.91 bits per heavy atom. The Hall–Kier alpha value is -1.71. The predicted octanol–water partition coefficient (Wildman–Crippen LogP) is 4.57. The van der Waals surface area contributed by atoms with Gasteiger partial charge in [-0.3, -0.25) is 4.79 Å². The van der Waals surface area contributed by atoms with E-state index in [1.54, 1.807) is 18.2 Å². The number of nitrogens with one attached hydrogen (secondary N) is 1. The van der Waals surface area contributed by atoms with Crippen LogP contribution >= 0.6 is 23.2 Å². The van der Waals surface area contributed by atoms with E-state index in [0.29, 0.717) is 15.8 Å². The fourth-order valence-electron chi connectivity index (χ4n) is 2.90. The highest BCUT2D eigenvalue weighted by Crippen LogP contribution is 2.29. The third kappa shape index (κ3) is 4.18. The van der Waals surface area contributed by atoms with Crippen molar-refractivity contribution in [1.82, 2.24) is 5.32 Å². The minimum Gasteiger partial charge on any atom is -0.484 e. The van der Waals surface area contributed by atoms with Crippen LogP contribution in [-0.2, 0) is 11.2 Å². The number of benzene rings is 2. The van der Waals surface area contributed by atoms with E-state index in [4.69, 9.17) is 27.9 Å². The molecule has 0 saturated carbocycles. The molecule has 1 N–H and O–H groups in total. The van der Waals surface area contributed by atoms with Gasteiger partial charge in [0.25, 0.3) is 5.91 Å². The third-order valence-corrected chi connectivity index (χ3v) is 4.35. The summed E-state index contributed by atoms with van der Waals surface area (Å²) in [6.45, 7) is -0.0602. The molecule has 0 bridgehead atoms. The molecule has 23 heavy (non-hydrogen) atoms. The fraction of sp³-hybridized carbons (Fsp3) is 0.278. The van der Waals surface area contributed by atoms with Crippen molar-refractivity contribution in [2.75, 3.05) is 6.61 Å². The van der Waals surface area contributed by atoms with E-state index in [1.807, 2.05) is 12.1 Å². The highest BCUT2D eigenvalue weighted by molar-refractivity contribution is 6.34. The maximum atomic E-state index is 12.2. The molecular weight excluding hydrogens is 333 g/mol. The lowest BCUT2D eigenvalue weighted by Crippen LogP contribution is -2.34. The molecule has 0 aromatic heterocycles. The Kier molecular flexibility index (Phi) is 5.09. The lowest BCUT2D eigenvalue weighted by atomic mass is 9.88. The maximum Gasteiger partial charge on any atom is 0.258 e. The van der Waals surface area contributed by atoms with E-state index < -0.39 is 0 Å². The molecule has 120 valence electrons. The molecule has 0 aliphatic heterocycles. The maximum absolute atomic E-state index is 12.2. The number of fused-ring (bicyclic) bond motifs is 1. The van der Waals surface area contributed by atoms with Gasteiger partial charge in [0.15, 0.2) is 6.61 Å². The largest absolute Gasteiger partial charge is 0.484 e. The Balaban J connectivity index is 1.60. The van der Waals surface area contributed by atoms with Crippen molar-refractivity contribution in [3.63, 3.8) is 0 Å². The van der Waals surface area contributed by atoms with Crippen LogP contribution in [-0.4, -0.2) is 12.5 Å². The first-order valence-corrected chi connectivity index (χ1v) is 8.33. The standard InChI is InChI=1S/C18H17Cl2NO2/c19-13-8-14(20)10-15(9-13)23-11-18(22)21-17-7-3-5-12-4-1-2-6-16(12)17/h1-2,4,6,8-10,17H,3,5,7,11H2,(H,21,22)/t17-/m0/s1. The molecule has 2 aromatic carbocycles. The van der Waals surface area contributed by atoms with Gasteiger partial charge in [-0.05, 0) is 48.6 Å². The topological polar surface area (TPSA) is 38.3 Å². The molecule has 1 aliphatic carbocycles. The van der Waals surface area contributed by atoms with E-state index in [1.165, 1.54) is 11.1 Å². The van der Waals surface area contributed by atoms with Crippen molar-refractivity contribution in [3.05, 3.63) is 63.6 Å². The molecule has 0 unspecified atom stereocenters. The van der Waals surface area contributed by atoms with Crippen molar-refractivity contribution in [2.24, 2.45) is 0 Å². The number of hydrogen-bond acceptors (Lipinski definition) is 2. The first-order chi connectivity index (χ1) is 11.1. The van der Waals surface area contributed by atoms with Crippen molar-refractivity contribution in [1.29, 1.82) is 0 Å². The Morgan fingerprint density at radius 3 is 2.70 bits per heavy atom. The predicted molar refractivity (Wildman–Crippen MR) is 92.2 cm³/mol. The summed E-state index contributed by atoms with van der Waals surface area (Å²) in [5.41, 5.74) is 2.52. The van der Waals surface area contributed by atoms with Crippen LogP contribution in [0.5, 0.6) is 5.75 Å². The average Bonchev–Trinajstić information content (AvgIpc) is 2.52. The van der Waals surface area contributed by atoms with Crippen LogP contribution in [0.2, 0.25) is 10.0 Å². The van der Waals surface area contributed by atoms with Gasteiger partial charge in [-0.15, -0.1) is 0 Å². The minimum atomic E-state index is -0.150. The van der Waals surface area contributed by atoms with E-state index in [-0.39, 0.29) is 18.6 Å². The van der Waals surface area contributed by atoms with Gasteiger partial charge in [0, 0.05) is 10.0 Å². The second-order valence-corrected chi connectivity index (χ2v) is 6.48. The van der Waals surface area contributed by atoms with Crippen molar-refractivity contribution < 1.29 is 9.53 Å². The lowest BCUT2D eigenvalue weighted by Gasteiger charge is -2.26. The summed E-state index contributed by atoms with van der Waals surface area (Å²) in [5.74, 6) is 0.337. The van der Waals surface area contributed by atoms with Gasteiger partial charge in [-0.2, -0.15) is 0 Å². The molecule has 0 heterocycles. The average molecular weight is 350 g/mol. The van der Waals surface area contributed by atoms with Crippen molar-refractivity contribution in [3.8, 4) is 5.75 Å². The second-order valence-electron chi connectivity index (χ2n) is 5.60. The SMILES string of the molecule is O=C(COc1cc(Cl)cc(Cl)c1)N[C@H]1CCCc2ccccc21. The lowest BCUT2D eigenvalue weighted by molar-refractivity contribution is -0.123. The minimum absolute atomic E-state index is 0.0546. The van der Waals surface area contributed by atoms with Gasteiger partial charge in [0.1, 0.15) is 5.75 Å². The Labute approximate surface area is 145 Å². The smallest absolute Gasteiger partial charge is 0.258 e. The molecule has 1 atom stereocenters. The zero-order valence-electron chi connectivity index (χ0n) is 12.5. The molecule has 0 radical (unpaired) electrons. The van der Waals surface area contributed by atoms with Crippen LogP contribution < -0.4 is 10.1 Å². The summed E-state index contributed by atoms with van der Waals surface area (Å²) in [6.07, 6.45) is 3.10. The highest BCUT2D eigenvalue weighted by Gasteiger charge is 2.21. The number of carbonyl (C=O) groups excluding carboxylic acids is 1. The zero-order chi connectivity index (χ0) is 16.2. The molecule has 2 aromatic rings. The van der Waals surface area contributed by atoms with Gasteiger partial charge in [-0.25, -0.2) is 0 Å². The quantitative estimate of drug-likeness (QED) is 0.878. The first-order valence-electron chi connectivity index (χ1n) is 7.58. The zero-order valence-corrected chi connectivity index (χ0v) is 14.0. The van der Waals surface area contributed by atoms with Crippen LogP contribution in [0.25, 0.3) is 0 Å². The normalized spacial score (nSPS) is 16.5. The van der Waals surface area contributed by atoms with Crippen LogP contribution in [0, 0.1) is 0 Å². The van der Waals surface area contributed by atoms with Gasteiger partial charge in [0.2, 0.25) is 0 Å². The number of amides is 1. The summed E-state index contributed by atoms with van der Waals surface area (Å²) < 4.78 is 5.48. The summed E-state index contributed by atoms with van der Waals surface area (Å²) in [5, 5.41) is 4.01. The molecule has 0 spiro atoms. The summed E-state index contributed by atoms with van der Waals surface area (Å²) in [6, 6.07) is 13.2. The first kappa shape index (κ1) is 16.2. The molecule has 1 amide bonds.